The predicted molar refractivity (Wildman–Crippen MR) is 257 cm³/mol. The largest absolute Gasteiger partial charge is 0.293 e. The predicted octanol–water partition coefficient (Wildman–Crippen LogP) is 14.7. The van der Waals surface area contributed by atoms with Gasteiger partial charge in [0.05, 0.1) is 16.6 Å². The van der Waals surface area contributed by atoms with Crippen LogP contribution in [0.4, 0.5) is 0 Å². The molecule has 0 bridgehead atoms. The van der Waals surface area contributed by atoms with Gasteiger partial charge in [-0.25, -0.2) is 19.9 Å². The number of hydrogen-bond acceptors (Lipinski definition) is 5. The third kappa shape index (κ3) is 5.99. The molecule has 8 aromatic carbocycles. The lowest BCUT2D eigenvalue weighted by atomic mass is 9.88. The minimum absolute atomic E-state index is 0.536. The maximum absolute atomic E-state index is 5.54. The number of rotatable bonds is 7. The standard InChI is InChI=1S/C56H35N5S/c1-5-18-36(19-6-1)41-28-17-29-42(37-20-7-2-8-21-37)50(41)40-34-46(55-59-53(38-22-9-3-10-23-38)58-54(60-55)39-24-11-4-12-25-39)56(57-35-40)61-47-30-15-13-27-45(47)51-48(61)33-32-44-43-26-14-16-31-49(43)62-52(44)51/h1-35H. The van der Waals surface area contributed by atoms with Gasteiger partial charge in [-0.2, -0.15) is 0 Å². The lowest BCUT2D eigenvalue weighted by Crippen LogP contribution is -2.06. The Bertz CT molecular complexity index is 3500. The van der Waals surface area contributed by atoms with E-state index in [9.17, 15) is 0 Å². The fourth-order valence-corrected chi connectivity index (χ4v) is 10.2. The summed E-state index contributed by atoms with van der Waals surface area (Å²) in [6.07, 6.45) is 2.03. The molecular formula is C56H35N5S. The Labute approximate surface area is 361 Å². The van der Waals surface area contributed by atoms with Crippen LogP contribution in [0.5, 0.6) is 0 Å². The first-order chi connectivity index (χ1) is 30.8. The lowest BCUT2D eigenvalue weighted by molar-refractivity contribution is 1.04. The Kier molecular flexibility index (Phi) is 8.61. The van der Waals surface area contributed by atoms with Crippen LogP contribution >= 0.6 is 11.3 Å². The molecule has 0 fully saturated rings. The molecular weight excluding hydrogens is 775 g/mol. The maximum atomic E-state index is 5.54. The highest BCUT2D eigenvalue weighted by Gasteiger charge is 2.24. The molecule has 290 valence electrons. The van der Waals surface area contributed by atoms with Crippen molar-refractivity contribution in [2.75, 3.05) is 0 Å². The summed E-state index contributed by atoms with van der Waals surface area (Å²) in [4.78, 5) is 21.3. The highest BCUT2D eigenvalue weighted by Crippen LogP contribution is 2.46. The van der Waals surface area contributed by atoms with Gasteiger partial charge in [0.1, 0.15) is 5.82 Å². The van der Waals surface area contributed by atoms with Crippen molar-refractivity contribution in [3.63, 3.8) is 0 Å². The van der Waals surface area contributed by atoms with Gasteiger partial charge in [-0.05, 0) is 52.1 Å². The third-order valence-corrected chi connectivity index (χ3v) is 12.9. The van der Waals surface area contributed by atoms with Gasteiger partial charge in [0, 0.05) is 53.8 Å². The molecule has 0 unspecified atom stereocenters. The van der Waals surface area contributed by atoms with Gasteiger partial charge in [0.25, 0.3) is 0 Å². The lowest BCUT2D eigenvalue weighted by Gasteiger charge is -2.19. The Morgan fingerprint density at radius 1 is 0.371 bits per heavy atom. The van der Waals surface area contributed by atoms with Crippen LogP contribution in [0.2, 0.25) is 0 Å². The van der Waals surface area contributed by atoms with Crippen LogP contribution < -0.4 is 0 Å². The number of nitrogens with zero attached hydrogens (tertiary/aromatic N) is 5. The van der Waals surface area contributed by atoms with Gasteiger partial charge in [-0.3, -0.25) is 4.57 Å². The number of pyridine rings is 1. The van der Waals surface area contributed by atoms with Crippen LogP contribution in [-0.4, -0.2) is 24.5 Å². The minimum Gasteiger partial charge on any atom is -0.293 e. The molecule has 0 spiro atoms. The molecule has 0 radical (unpaired) electrons. The summed E-state index contributed by atoms with van der Waals surface area (Å²) in [7, 11) is 0. The fraction of sp³-hybridized carbons (Fsp3) is 0. The molecule has 0 saturated heterocycles. The molecule has 4 heterocycles. The number of benzene rings is 8. The molecule has 12 rings (SSSR count). The molecule has 4 aromatic heterocycles. The Morgan fingerprint density at radius 3 is 1.53 bits per heavy atom. The zero-order valence-corrected chi connectivity index (χ0v) is 34.2. The monoisotopic (exact) mass is 809 g/mol. The average Bonchev–Trinajstić information content (AvgIpc) is 3.90. The van der Waals surface area contributed by atoms with Crippen molar-refractivity contribution in [1.82, 2.24) is 24.5 Å². The van der Waals surface area contributed by atoms with Crippen molar-refractivity contribution in [3.8, 4) is 73.4 Å². The van der Waals surface area contributed by atoms with E-state index in [-0.39, 0.29) is 0 Å². The van der Waals surface area contributed by atoms with E-state index in [4.69, 9.17) is 19.9 Å². The van der Waals surface area contributed by atoms with E-state index in [1.165, 1.54) is 30.9 Å². The first-order valence-corrected chi connectivity index (χ1v) is 21.5. The second-order valence-corrected chi connectivity index (χ2v) is 16.4. The van der Waals surface area contributed by atoms with Crippen LogP contribution in [0, 0.1) is 0 Å². The number of hydrogen-bond donors (Lipinski definition) is 0. The third-order valence-electron chi connectivity index (χ3n) is 11.7. The van der Waals surface area contributed by atoms with Gasteiger partial charge in [0.2, 0.25) is 0 Å². The van der Waals surface area contributed by atoms with Crippen LogP contribution in [-0.2, 0) is 0 Å². The number of thiophene rings is 1. The first kappa shape index (κ1) is 35.8. The Morgan fingerprint density at radius 2 is 0.903 bits per heavy atom. The van der Waals surface area contributed by atoms with E-state index in [2.05, 4.69) is 174 Å². The maximum Gasteiger partial charge on any atom is 0.167 e. The van der Waals surface area contributed by atoms with Crippen molar-refractivity contribution < 1.29 is 0 Å². The average molecular weight is 810 g/mol. The van der Waals surface area contributed by atoms with Crippen LogP contribution in [0.1, 0.15) is 0 Å². The topological polar surface area (TPSA) is 56.5 Å². The van der Waals surface area contributed by atoms with E-state index in [0.717, 1.165) is 66.9 Å². The van der Waals surface area contributed by atoms with Crippen molar-refractivity contribution >= 4 is 53.3 Å². The van der Waals surface area contributed by atoms with Crippen molar-refractivity contribution in [1.29, 1.82) is 0 Å². The molecule has 0 amide bonds. The summed E-state index contributed by atoms with van der Waals surface area (Å²) in [6, 6.07) is 72.2. The van der Waals surface area contributed by atoms with Crippen molar-refractivity contribution in [2.24, 2.45) is 0 Å². The van der Waals surface area contributed by atoms with E-state index >= 15 is 0 Å². The molecule has 0 aliphatic heterocycles. The minimum atomic E-state index is 0.536. The van der Waals surface area contributed by atoms with Gasteiger partial charge in [0.15, 0.2) is 17.5 Å². The first-order valence-electron chi connectivity index (χ1n) is 20.7. The number of para-hydroxylation sites is 1. The zero-order valence-electron chi connectivity index (χ0n) is 33.4. The molecule has 12 aromatic rings. The second-order valence-electron chi connectivity index (χ2n) is 15.4. The van der Waals surface area contributed by atoms with Crippen LogP contribution in [0.25, 0.3) is 115 Å². The Balaban J connectivity index is 1.20. The number of fused-ring (bicyclic) bond motifs is 7. The normalized spacial score (nSPS) is 11.5. The quantitative estimate of drug-likeness (QED) is 0.161. The van der Waals surface area contributed by atoms with Crippen LogP contribution in [0.15, 0.2) is 212 Å². The van der Waals surface area contributed by atoms with Gasteiger partial charge in [-0.15, -0.1) is 11.3 Å². The summed E-state index contributed by atoms with van der Waals surface area (Å²) in [6.45, 7) is 0. The molecule has 0 aliphatic rings. The van der Waals surface area contributed by atoms with Crippen LogP contribution in [0.3, 0.4) is 0 Å². The summed E-state index contributed by atoms with van der Waals surface area (Å²) >= 11 is 1.85. The Hall–Kier alpha value is -8.06. The van der Waals surface area contributed by atoms with Gasteiger partial charge in [-0.1, -0.05) is 182 Å². The smallest absolute Gasteiger partial charge is 0.167 e. The molecule has 0 saturated carbocycles. The van der Waals surface area contributed by atoms with Gasteiger partial charge < -0.3 is 0 Å². The molecule has 0 atom stereocenters. The summed E-state index contributed by atoms with van der Waals surface area (Å²) < 4.78 is 4.84. The van der Waals surface area contributed by atoms with Crippen molar-refractivity contribution in [2.45, 2.75) is 0 Å². The fourth-order valence-electron chi connectivity index (χ4n) is 8.91. The highest BCUT2D eigenvalue weighted by atomic mass is 32.1. The molecule has 0 N–H and O–H groups in total. The van der Waals surface area contributed by atoms with Crippen molar-refractivity contribution in [3.05, 3.63) is 212 Å². The summed E-state index contributed by atoms with van der Waals surface area (Å²) in [5.74, 6) is 2.46. The molecule has 5 nitrogen and oxygen atoms in total. The summed E-state index contributed by atoms with van der Waals surface area (Å²) in [5.41, 5.74) is 11.2. The number of aromatic nitrogens is 5. The SMILES string of the molecule is c1ccc(-c2nc(-c3ccccc3)nc(-c3cc(-c4c(-c5ccccc5)cccc4-c4ccccc4)cnc3-n3c4ccccc4c4c5sc6ccccc6c5ccc43)n2)cc1. The zero-order chi connectivity index (χ0) is 41.0. The highest BCUT2D eigenvalue weighted by molar-refractivity contribution is 7.26. The molecule has 62 heavy (non-hydrogen) atoms. The molecule has 6 heteroatoms. The summed E-state index contributed by atoms with van der Waals surface area (Å²) in [5, 5.41) is 4.91. The molecule has 0 aliphatic carbocycles. The van der Waals surface area contributed by atoms with E-state index in [0.29, 0.717) is 17.5 Å². The second kappa shape index (κ2) is 14.9. The van der Waals surface area contributed by atoms with E-state index < -0.39 is 0 Å². The van der Waals surface area contributed by atoms with E-state index in [1.807, 2.05) is 53.9 Å². The van der Waals surface area contributed by atoms with E-state index in [1.54, 1.807) is 0 Å². The van der Waals surface area contributed by atoms with Gasteiger partial charge >= 0.3 is 0 Å².